The van der Waals surface area contributed by atoms with Crippen molar-refractivity contribution in [3.05, 3.63) is 70.9 Å². The number of phenolic OH excluding ortho intramolecular Hbond substituents is 1. The molecule has 2 aromatic carbocycles. The highest BCUT2D eigenvalue weighted by Crippen LogP contribution is 2.36. The van der Waals surface area contributed by atoms with Crippen LogP contribution in [0.4, 0.5) is 0 Å². The molecule has 4 rings (SSSR count). The zero-order valence-electron chi connectivity index (χ0n) is 18.9. The average Bonchev–Trinajstić information content (AvgIpc) is 2.83. The summed E-state index contributed by atoms with van der Waals surface area (Å²) in [5, 5.41) is 16.0. The van der Waals surface area contributed by atoms with Gasteiger partial charge in [-0.05, 0) is 66.7 Å². The fraction of sp³-hybridized carbons (Fsp3) is 0.296. The van der Waals surface area contributed by atoms with Crippen molar-refractivity contribution in [3.63, 3.8) is 0 Å². The van der Waals surface area contributed by atoms with E-state index in [9.17, 15) is 14.7 Å². The van der Waals surface area contributed by atoms with Gasteiger partial charge in [-0.1, -0.05) is 43.7 Å². The predicted molar refractivity (Wildman–Crippen MR) is 131 cm³/mol. The number of hydrogen-bond donors (Lipinski definition) is 3. The molecule has 2 amide bonds. The number of amides is 2. The maximum absolute atomic E-state index is 13.3. The van der Waals surface area contributed by atoms with Crippen molar-refractivity contribution in [1.29, 1.82) is 0 Å². The number of unbranched alkanes of at least 4 members (excludes halogenated alkanes) is 1. The Labute approximate surface area is 193 Å². The highest BCUT2D eigenvalue weighted by Gasteiger charge is 2.25. The van der Waals surface area contributed by atoms with Crippen molar-refractivity contribution in [3.8, 4) is 5.75 Å². The van der Waals surface area contributed by atoms with E-state index in [0.29, 0.717) is 12.1 Å². The summed E-state index contributed by atoms with van der Waals surface area (Å²) in [5.41, 5.74) is 5.17. The molecule has 1 aliphatic carbocycles. The van der Waals surface area contributed by atoms with E-state index in [1.54, 1.807) is 12.1 Å². The van der Waals surface area contributed by atoms with Crippen LogP contribution in [0.15, 0.2) is 48.5 Å². The van der Waals surface area contributed by atoms with Gasteiger partial charge in [0.25, 0.3) is 5.91 Å². The molecule has 1 aromatic heterocycles. The Kier molecular flexibility index (Phi) is 7.03. The molecule has 0 saturated heterocycles. The number of benzene rings is 2. The zero-order chi connectivity index (χ0) is 23.2. The first-order valence-corrected chi connectivity index (χ1v) is 11.5. The second kappa shape index (κ2) is 10.3. The van der Waals surface area contributed by atoms with Gasteiger partial charge < -0.3 is 15.7 Å². The maximum atomic E-state index is 13.3. The third-order valence-electron chi connectivity index (χ3n) is 5.89. The quantitative estimate of drug-likeness (QED) is 0.470. The van der Waals surface area contributed by atoms with Crippen LogP contribution < -0.4 is 10.6 Å². The number of nitrogens with one attached hydrogen (secondary N) is 2. The number of aromatic nitrogens is 1. The van der Waals surface area contributed by atoms with Crippen LogP contribution in [0, 0.1) is 0 Å². The summed E-state index contributed by atoms with van der Waals surface area (Å²) in [7, 11) is 0. The number of phenols is 1. The van der Waals surface area contributed by atoms with E-state index < -0.39 is 0 Å². The molecular weight excluding hydrogens is 414 g/mol. The molecule has 0 spiro atoms. The first kappa shape index (κ1) is 22.5. The molecule has 0 radical (unpaired) electrons. The number of pyridine rings is 1. The van der Waals surface area contributed by atoms with Crippen LogP contribution in [0.3, 0.4) is 0 Å². The predicted octanol–water partition coefficient (Wildman–Crippen LogP) is 4.46. The fourth-order valence-corrected chi connectivity index (χ4v) is 4.22. The van der Waals surface area contributed by atoms with Crippen LogP contribution in [-0.2, 0) is 11.2 Å². The van der Waals surface area contributed by atoms with Gasteiger partial charge in [-0.3, -0.25) is 9.59 Å². The summed E-state index contributed by atoms with van der Waals surface area (Å²) in [5.74, 6) is -0.207. The van der Waals surface area contributed by atoms with Crippen molar-refractivity contribution in [2.45, 2.75) is 39.0 Å². The number of hydrogen-bond acceptors (Lipinski definition) is 4. The number of rotatable bonds is 7. The van der Waals surface area contributed by atoms with Gasteiger partial charge in [0.1, 0.15) is 5.75 Å². The Morgan fingerprint density at radius 2 is 1.85 bits per heavy atom. The lowest BCUT2D eigenvalue weighted by atomic mass is 9.85. The van der Waals surface area contributed by atoms with Crippen LogP contribution in [0.25, 0.3) is 22.6 Å². The molecule has 0 fully saturated rings. The van der Waals surface area contributed by atoms with Gasteiger partial charge in [-0.15, -0.1) is 0 Å². The largest absolute Gasteiger partial charge is 0.508 e. The minimum atomic E-state index is -0.249. The second-order valence-corrected chi connectivity index (χ2v) is 8.33. The molecule has 3 aromatic rings. The number of aromatic hydroxyl groups is 1. The van der Waals surface area contributed by atoms with Crippen molar-refractivity contribution in [2.75, 3.05) is 13.1 Å². The van der Waals surface area contributed by atoms with Gasteiger partial charge in [0.2, 0.25) is 5.91 Å². The molecule has 3 N–H and O–H groups in total. The van der Waals surface area contributed by atoms with E-state index in [0.717, 1.165) is 65.4 Å². The van der Waals surface area contributed by atoms with Crippen molar-refractivity contribution in [2.24, 2.45) is 0 Å². The van der Waals surface area contributed by atoms with E-state index in [1.807, 2.05) is 36.4 Å². The Balaban J connectivity index is 1.69. The number of nitrogens with zero attached hydrogens (tertiary/aromatic N) is 1. The van der Waals surface area contributed by atoms with Crippen LogP contribution in [0.5, 0.6) is 5.75 Å². The average molecular weight is 444 g/mol. The Morgan fingerprint density at radius 3 is 2.64 bits per heavy atom. The van der Waals surface area contributed by atoms with Crippen molar-refractivity contribution < 1.29 is 14.7 Å². The summed E-state index contributed by atoms with van der Waals surface area (Å²) in [6.07, 6.45) is 6.52. The lowest BCUT2D eigenvalue weighted by Gasteiger charge is -2.23. The molecular formula is C27H29N3O3. The van der Waals surface area contributed by atoms with E-state index in [4.69, 9.17) is 4.98 Å². The minimum absolute atomic E-state index is 0.0514. The van der Waals surface area contributed by atoms with Gasteiger partial charge in [0.15, 0.2) is 0 Å². The van der Waals surface area contributed by atoms with Crippen LogP contribution in [0.2, 0.25) is 0 Å². The second-order valence-electron chi connectivity index (χ2n) is 8.33. The normalized spacial score (nSPS) is 14.2. The molecule has 0 atom stereocenters. The van der Waals surface area contributed by atoms with Crippen LogP contribution >= 0.6 is 0 Å². The number of carbonyl (C=O) groups is 2. The standard InChI is InChI=1S/C27H29N3O3/c1-2-3-15-28-24(32)17-29-27(33)25-21-8-4-5-10-23(21)30-26-19(7-6-9-22(25)26)16-18-11-13-20(31)14-12-18/h4-5,8,10-14,16,31H,2-3,6-7,9,15,17H2,1H3,(H,28,32)(H,29,33)/b19-16-. The maximum Gasteiger partial charge on any atom is 0.252 e. The third-order valence-corrected chi connectivity index (χ3v) is 5.89. The zero-order valence-corrected chi connectivity index (χ0v) is 18.9. The first-order valence-electron chi connectivity index (χ1n) is 11.5. The SMILES string of the molecule is CCCCNC(=O)CNC(=O)c1c2c(nc3ccccc13)/C(=C\c1ccc(O)cc1)CCC2. The van der Waals surface area contributed by atoms with Gasteiger partial charge >= 0.3 is 0 Å². The lowest BCUT2D eigenvalue weighted by Crippen LogP contribution is -2.37. The van der Waals surface area contributed by atoms with E-state index >= 15 is 0 Å². The minimum Gasteiger partial charge on any atom is -0.508 e. The number of fused-ring (bicyclic) bond motifs is 2. The molecule has 33 heavy (non-hydrogen) atoms. The van der Waals surface area contributed by atoms with Gasteiger partial charge in [-0.25, -0.2) is 4.98 Å². The molecule has 1 heterocycles. The van der Waals surface area contributed by atoms with Crippen LogP contribution in [0.1, 0.15) is 59.8 Å². The van der Waals surface area contributed by atoms with Gasteiger partial charge in [-0.2, -0.15) is 0 Å². The summed E-state index contributed by atoms with van der Waals surface area (Å²) >= 11 is 0. The summed E-state index contributed by atoms with van der Waals surface area (Å²) in [4.78, 5) is 30.3. The molecule has 0 saturated carbocycles. The number of para-hydroxylation sites is 1. The van der Waals surface area contributed by atoms with E-state index in [-0.39, 0.29) is 24.1 Å². The molecule has 0 aliphatic heterocycles. The smallest absolute Gasteiger partial charge is 0.252 e. The third kappa shape index (κ3) is 5.22. The van der Waals surface area contributed by atoms with Crippen molar-refractivity contribution >= 4 is 34.4 Å². The molecule has 1 aliphatic rings. The molecule has 6 heteroatoms. The Bertz CT molecular complexity index is 1200. The highest BCUT2D eigenvalue weighted by molar-refractivity contribution is 6.09. The highest BCUT2D eigenvalue weighted by atomic mass is 16.3. The number of allylic oxidation sites excluding steroid dienone is 1. The molecule has 0 unspecified atom stereocenters. The van der Waals surface area contributed by atoms with Gasteiger partial charge in [0, 0.05) is 11.9 Å². The van der Waals surface area contributed by atoms with Gasteiger partial charge in [0.05, 0.1) is 23.3 Å². The monoisotopic (exact) mass is 443 g/mol. The fourth-order valence-electron chi connectivity index (χ4n) is 4.22. The Morgan fingerprint density at radius 1 is 1.06 bits per heavy atom. The van der Waals surface area contributed by atoms with Crippen LogP contribution in [-0.4, -0.2) is 35.0 Å². The first-order chi connectivity index (χ1) is 16.1. The molecule has 170 valence electrons. The van der Waals surface area contributed by atoms with E-state index in [1.165, 1.54) is 0 Å². The molecule has 6 nitrogen and oxygen atoms in total. The number of carbonyl (C=O) groups excluding carboxylic acids is 2. The van der Waals surface area contributed by atoms with E-state index in [2.05, 4.69) is 23.6 Å². The summed E-state index contributed by atoms with van der Waals surface area (Å²) in [6.45, 7) is 2.63. The van der Waals surface area contributed by atoms with Crippen molar-refractivity contribution in [1.82, 2.24) is 15.6 Å². The topological polar surface area (TPSA) is 91.3 Å². The lowest BCUT2D eigenvalue weighted by molar-refractivity contribution is -0.120. The summed E-state index contributed by atoms with van der Waals surface area (Å²) < 4.78 is 0. The summed E-state index contributed by atoms with van der Waals surface area (Å²) in [6, 6.07) is 14.7. The Hall–Kier alpha value is -3.67. The molecule has 0 bridgehead atoms.